The first kappa shape index (κ1) is 13.4. The summed E-state index contributed by atoms with van der Waals surface area (Å²) in [4.78, 5) is 22.9. The number of hydrogen-bond acceptors (Lipinski definition) is 4. The zero-order chi connectivity index (χ0) is 14.0. The third-order valence-electron chi connectivity index (χ3n) is 3.54. The minimum atomic E-state index is -0.314. The summed E-state index contributed by atoms with van der Waals surface area (Å²) in [5, 5.41) is 2.33. The van der Waals surface area contributed by atoms with Gasteiger partial charge in [0.2, 0.25) is 11.8 Å². The molecule has 19 heavy (non-hydrogen) atoms. The molecule has 2 atom stereocenters. The summed E-state index contributed by atoms with van der Waals surface area (Å²) < 4.78 is 10.4. The van der Waals surface area contributed by atoms with Gasteiger partial charge in [-0.05, 0) is 23.6 Å². The summed E-state index contributed by atoms with van der Waals surface area (Å²) in [5.74, 6) is 0.494. The maximum absolute atomic E-state index is 11.7. The molecule has 2 unspecified atom stereocenters. The SMILES string of the molecule is COc1ccc(C(C)C2CC(=O)NC2=O)cc1OC. The number of amides is 2. The van der Waals surface area contributed by atoms with Crippen molar-refractivity contribution < 1.29 is 19.1 Å². The smallest absolute Gasteiger partial charge is 0.230 e. The molecule has 1 saturated heterocycles. The summed E-state index contributed by atoms with van der Waals surface area (Å²) >= 11 is 0. The summed E-state index contributed by atoms with van der Waals surface area (Å²) in [6.45, 7) is 1.93. The van der Waals surface area contributed by atoms with Gasteiger partial charge in [-0.1, -0.05) is 13.0 Å². The molecule has 0 aliphatic carbocycles. The van der Waals surface area contributed by atoms with Crippen LogP contribution in [0.4, 0.5) is 0 Å². The average molecular weight is 263 g/mol. The number of benzene rings is 1. The quantitative estimate of drug-likeness (QED) is 0.835. The first-order valence-electron chi connectivity index (χ1n) is 6.12. The molecular weight excluding hydrogens is 246 g/mol. The maximum Gasteiger partial charge on any atom is 0.230 e. The van der Waals surface area contributed by atoms with E-state index in [1.54, 1.807) is 20.3 Å². The highest BCUT2D eigenvalue weighted by Crippen LogP contribution is 2.35. The number of imide groups is 1. The van der Waals surface area contributed by atoms with Gasteiger partial charge < -0.3 is 9.47 Å². The number of ether oxygens (including phenoxy) is 2. The molecule has 0 spiro atoms. The summed E-state index contributed by atoms with van der Waals surface area (Å²) in [6, 6.07) is 5.54. The van der Waals surface area contributed by atoms with Gasteiger partial charge in [-0.2, -0.15) is 0 Å². The van der Waals surface area contributed by atoms with Gasteiger partial charge in [-0.3, -0.25) is 14.9 Å². The lowest BCUT2D eigenvalue weighted by atomic mass is 9.86. The summed E-state index contributed by atoms with van der Waals surface area (Å²) in [5.41, 5.74) is 0.951. The van der Waals surface area contributed by atoms with Crippen molar-refractivity contribution in [3.8, 4) is 11.5 Å². The van der Waals surface area contributed by atoms with Crippen LogP contribution < -0.4 is 14.8 Å². The van der Waals surface area contributed by atoms with Crippen molar-refractivity contribution >= 4 is 11.8 Å². The Hall–Kier alpha value is -2.04. The van der Waals surface area contributed by atoms with E-state index >= 15 is 0 Å². The van der Waals surface area contributed by atoms with Crippen LogP contribution in [0.3, 0.4) is 0 Å². The normalized spacial score (nSPS) is 20.1. The lowest BCUT2D eigenvalue weighted by Gasteiger charge is -2.18. The zero-order valence-electron chi connectivity index (χ0n) is 11.2. The van der Waals surface area contributed by atoms with Gasteiger partial charge in [0.1, 0.15) is 0 Å². The number of carbonyl (C=O) groups is 2. The molecule has 1 aliphatic heterocycles. The van der Waals surface area contributed by atoms with Crippen molar-refractivity contribution in [2.75, 3.05) is 14.2 Å². The minimum absolute atomic E-state index is 0.0498. The Kier molecular flexibility index (Phi) is 3.74. The van der Waals surface area contributed by atoms with Crippen LogP contribution in [-0.4, -0.2) is 26.0 Å². The molecule has 0 saturated carbocycles. The number of methoxy groups -OCH3 is 2. The molecule has 1 aromatic carbocycles. The van der Waals surface area contributed by atoms with E-state index in [1.165, 1.54) is 0 Å². The molecule has 0 aromatic heterocycles. The van der Waals surface area contributed by atoms with Crippen LogP contribution in [-0.2, 0) is 9.59 Å². The molecule has 0 radical (unpaired) electrons. The highest BCUT2D eigenvalue weighted by atomic mass is 16.5. The predicted octanol–water partition coefficient (Wildman–Crippen LogP) is 1.47. The van der Waals surface area contributed by atoms with Gasteiger partial charge in [-0.15, -0.1) is 0 Å². The van der Waals surface area contributed by atoms with Crippen molar-refractivity contribution in [3.05, 3.63) is 23.8 Å². The molecule has 1 N–H and O–H groups in total. The van der Waals surface area contributed by atoms with E-state index < -0.39 is 0 Å². The van der Waals surface area contributed by atoms with Gasteiger partial charge in [0.15, 0.2) is 11.5 Å². The summed E-state index contributed by atoms with van der Waals surface area (Å²) in [6.07, 6.45) is 0.244. The molecule has 102 valence electrons. The van der Waals surface area contributed by atoms with Crippen molar-refractivity contribution in [2.24, 2.45) is 5.92 Å². The Balaban J connectivity index is 2.26. The molecule has 1 heterocycles. The Morgan fingerprint density at radius 2 is 1.89 bits per heavy atom. The molecule has 5 nitrogen and oxygen atoms in total. The van der Waals surface area contributed by atoms with E-state index in [0.717, 1.165) is 5.56 Å². The zero-order valence-corrected chi connectivity index (χ0v) is 11.2. The first-order valence-corrected chi connectivity index (χ1v) is 6.12. The van der Waals surface area contributed by atoms with Crippen molar-refractivity contribution in [1.82, 2.24) is 5.32 Å². The van der Waals surface area contributed by atoms with Crippen molar-refractivity contribution in [2.45, 2.75) is 19.3 Å². The van der Waals surface area contributed by atoms with Crippen molar-refractivity contribution in [1.29, 1.82) is 0 Å². The average Bonchev–Trinajstić information content (AvgIpc) is 2.76. The third kappa shape index (κ3) is 2.54. The fourth-order valence-corrected chi connectivity index (χ4v) is 2.35. The monoisotopic (exact) mass is 263 g/mol. The van der Waals surface area contributed by atoms with Crippen LogP contribution >= 0.6 is 0 Å². The van der Waals surface area contributed by atoms with Gasteiger partial charge in [0, 0.05) is 6.42 Å². The number of hydrogen-bond donors (Lipinski definition) is 1. The van der Waals surface area contributed by atoms with E-state index in [2.05, 4.69) is 5.32 Å². The van der Waals surface area contributed by atoms with Crippen LogP contribution in [0.1, 0.15) is 24.8 Å². The number of nitrogens with one attached hydrogen (secondary N) is 1. The minimum Gasteiger partial charge on any atom is -0.493 e. The Morgan fingerprint density at radius 1 is 1.21 bits per heavy atom. The van der Waals surface area contributed by atoms with Gasteiger partial charge in [0.25, 0.3) is 0 Å². The van der Waals surface area contributed by atoms with E-state index in [4.69, 9.17) is 9.47 Å². The lowest BCUT2D eigenvalue weighted by Crippen LogP contribution is -2.24. The molecule has 2 amide bonds. The Labute approximate surface area is 111 Å². The Bertz CT molecular complexity index is 512. The predicted molar refractivity (Wildman–Crippen MR) is 69.2 cm³/mol. The van der Waals surface area contributed by atoms with Crippen LogP contribution in [0.5, 0.6) is 11.5 Å². The molecule has 2 rings (SSSR count). The van der Waals surface area contributed by atoms with Gasteiger partial charge in [0.05, 0.1) is 20.1 Å². The second kappa shape index (κ2) is 5.30. The second-order valence-corrected chi connectivity index (χ2v) is 4.63. The Morgan fingerprint density at radius 3 is 2.42 bits per heavy atom. The third-order valence-corrected chi connectivity index (χ3v) is 3.54. The van der Waals surface area contributed by atoms with Crippen LogP contribution in [0, 0.1) is 5.92 Å². The van der Waals surface area contributed by atoms with Gasteiger partial charge >= 0.3 is 0 Å². The van der Waals surface area contributed by atoms with E-state index in [-0.39, 0.29) is 30.1 Å². The van der Waals surface area contributed by atoms with Gasteiger partial charge in [-0.25, -0.2) is 0 Å². The van der Waals surface area contributed by atoms with E-state index in [9.17, 15) is 9.59 Å². The molecular formula is C14H17NO4. The summed E-state index contributed by atoms with van der Waals surface area (Å²) in [7, 11) is 3.14. The van der Waals surface area contributed by atoms with Crippen LogP contribution in [0.25, 0.3) is 0 Å². The largest absolute Gasteiger partial charge is 0.493 e. The van der Waals surface area contributed by atoms with E-state index in [1.807, 2.05) is 19.1 Å². The fourth-order valence-electron chi connectivity index (χ4n) is 2.35. The van der Waals surface area contributed by atoms with Crippen LogP contribution in [0.2, 0.25) is 0 Å². The molecule has 5 heteroatoms. The molecule has 1 fully saturated rings. The second-order valence-electron chi connectivity index (χ2n) is 4.63. The molecule has 0 bridgehead atoms. The standard InChI is InChI=1S/C14H17NO4/c1-8(10-7-13(16)15-14(10)17)9-4-5-11(18-2)12(6-9)19-3/h4-6,8,10H,7H2,1-3H3,(H,15,16,17). The number of carbonyl (C=O) groups excluding carboxylic acids is 2. The molecule has 1 aromatic rings. The topological polar surface area (TPSA) is 64.6 Å². The van der Waals surface area contributed by atoms with Crippen molar-refractivity contribution in [3.63, 3.8) is 0 Å². The van der Waals surface area contributed by atoms with Crippen LogP contribution in [0.15, 0.2) is 18.2 Å². The highest BCUT2D eigenvalue weighted by Gasteiger charge is 2.35. The first-order chi connectivity index (χ1) is 9.06. The lowest BCUT2D eigenvalue weighted by molar-refractivity contribution is -0.126. The maximum atomic E-state index is 11.7. The number of rotatable bonds is 4. The highest BCUT2D eigenvalue weighted by molar-refractivity contribution is 6.03. The fraction of sp³-hybridized carbons (Fsp3) is 0.429. The van der Waals surface area contributed by atoms with E-state index in [0.29, 0.717) is 11.5 Å². The molecule has 1 aliphatic rings.